The molecule has 0 spiro atoms. The van der Waals surface area contributed by atoms with Gasteiger partial charge in [0.15, 0.2) is 6.40 Å². The maximum absolute atomic E-state index is 12.8. The summed E-state index contributed by atoms with van der Waals surface area (Å²) in [7, 11) is -1.63. The van der Waals surface area contributed by atoms with E-state index < -0.39 is 56.2 Å². The first-order chi connectivity index (χ1) is 22.2. The summed E-state index contributed by atoms with van der Waals surface area (Å²) in [6.45, 7) is 10.5. The van der Waals surface area contributed by atoms with Crippen molar-refractivity contribution >= 4 is 32.8 Å². The molecular weight excluding hydrogens is 632 g/mol. The van der Waals surface area contributed by atoms with Crippen LogP contribution < -0.4 is 21.9 Å². The van der Waals surface area contributed by atoms with Gasteiger partial charge in [-0.15, -0.1) is 0 Å². The van der Waals surface area contributed by atoms with Crippen LogP contribution in [0.25, 0.3) is 6.08 Å². The van der Waals surface area contributed by atoms with Crippen molar-refractivity contribution in [1.82, 2.24) is 24.9 Å². The first-order valence-electron chi connectivity index (χ1n) is 15.9. The monoisotopic (exact) mass is 679 g/mol. The molecule has 17 heteroatoms. The Morgan fingerprint density at radius 3 is 2.43 bits per heavy atom. The summed E-state index contributed by atoms with van der Waals surface area (Å²) in [6, 6.07) is 0.152. The normalized spacial score (nSPS) is 19.8. The van der Waals surface area contributed by atoms with Crippen LogP contribution in [0.3, 0.4) is 0 Å². The molecule has 2 amide bonds. The number of alkyl halides is 3. The fraction of sp³-hybridized carbons (Fsp3) is 0.690. The minimum atomic E-state index is -4.90. The molecule has 3 N–H and O–H groups in total. The summed E-state index contributed by atoms with van der Waals surface area (Å²) in [6.07, 6.45) is 0.342. The van der Waals surface area contributed by atoms with E-state index in [1.807, 2.05) is 34.6 Å². The number of rotatable bonds is 18. The van der Waals surface area contributed by atoms with Crippen molar-refractivity contribution in [3.63, 3.8) is 0 Å². The Bertz CT molecular complexity index is 1320. The van der Waals surface area contributed by atoms with Gasteiger partial charge in [-0.2, -0.15) is 13.2 Å². The van der Waals surface area contributed by atoms with E-state index in [0.29, 0.717) is 38.8 Å². The highest BCUT2D eigenvalue weighted by molar-refractivity contribution is 7.45. The summed E-state index contributed by atoms with van der Waals surface area (Å²) in [5.41, 5.74) is -1.39. The third-order valence-corrected chi connectivity index (χ3v) is 8.74. The van der Waals surface area contributed by atoms with E-state index in [4.69, 9.17) is 15.2 Å². The molecule has 0 aromatic carbocycles. The molecular formula is C29H46F3N6O7P. The predicted octanol–water partition coefficient (Wildman–Crippen LogP) is 4.01. The van der Waals surface area contributed by atoms with Gasteiger partial charge in [-0.1, -0.05) is 12.8 Å². The van der Waals surface area contributed by atoms with Gasteiger partial charge in [-0.25, -0.2) is 9.46 Å². The van der Waals surface area contributed by atoms with Crippen molar-refractivity contribution in [2.24, 2.45) is 4.99 Å². The zero-order valence-electron chi connectivity index (χ0n) is 27.8. The van der Waals surface area contributed by atoms with Crippen molar-refractivity contribution in [3.05, 3.63) is 38.7 Å². The lowest BCUT2D eigenvalue weighted by Crippen LogP contribution is -2.37. The number of aromatic amines is 1. The summed E-state index contributed by atoms with van der Waals surface area (Å²) < 4.78 is 66.1. The van der Waals surface area contributed by atoms with E-state index in [1.165, 1.54) is 23.2 Å². The highest BCUT2D eigenvalue weighted by Crippen LogP contribution is 2.49. The molecule has 2 heterocycles. The van der Waals surface area contributed by atoms with Crippen LogP contribution in [0.4, 0.5) is 13.2 Å². The fourth-order valence-corrected chi connectivity index (χ4v) is 6.15. The molecule has 2 rings (SSSR count). The van der Waals surface area contributed by atoms with Crippen molar-refractivity contribution in [1.29, 1.82) is 0 Å². The first kappa shape index (κ1) is 37.4. The number of nitrogens with zero attached hydrogens (tertiary/aromatic N) is 3. The topological polar surface area (TPSA) is 156 Å². The lowest BCUT2D eigenvalue weighted by molar-refractivity contribution is -0.173. The van der Waals surface area contributed by atoms with Gasteiger partial charge in [-0.05, 0) is 60.4 Å². The van der Waals surface area contributed by atoms with Crippen LogP contribution in [-0.2, 0) is 23.4 Å². The molecule has 1 aliphatic rings. The van der Waals surface area contributed by atoms with Gasteiger partial charge in [0.2, 0.25) is 5.91 Å². The molecule has 1 aromatic heterocycles. The second-order valence-electron chi connectivity index (χ2n) is 11.1. The third kappa shape index (κ3) is 12.6. The zero-order valence-corrected chi connectivity index (χ0v) is 27.7. The fourth-order valence-electron chi connectivity index (χ4n) is 4.53. The summed E-state index contributed by atoms with van der Waals surface area (Å²) in [5, 5.41) is 4.46. The summed E-state index contributed by atoms with van der Waals surface area (Å²) in [4.78, 5) is 54.7. The molecule has 0 radical (unpaired) electrons. The number of H-pyrrole nitrogens is 1. The van der Waals surface area contributed by atoms with E-state index in [0.717, 1.165) is 6.08 Å². The molecule has 0 saturated carbocycles. The SMILES string of the molecule is [2H]C[C@H]1O[C@@H](n2cc(/C=C/C(=O)NCCCCCCNC(=O)C(F)(F)F)c(=O)[nH]c2=O)CC1OP(OC=NCC)N(C(C)C)C(C)C. The molecule has 4 atom stereocenters. The number of aromatic nitrogens is 2. The average molecular weight is 680 g/mol. The summed E-state index contributed by atoms with van der Waals surface area (Å²) >= 11 is 0. The Morgan fingerprint density at radius 1 is 1.20 bits per heavy atom. The molecule has 260 valence electrons. The molecule has 1 aliphatic heterocycles. The molecule has 46 heavy (non-hydrogen) atoms. The van der Waals surface area contributed by atoms with Gasteiger partial charge in [0.1, 0.15) is 6.23 Å². The van der Waals surface area contributed by atoms with Crippen LogP contribution in [0.5, 0.6) is 0 Å². The third-order valence-electron chi connectivity index (χ3n) is 6.71. The Balaban J connectivity index is 2.00. The lowest BCUT2D eigenvalue weighted by Gasteiger charge is -2.36. The zero-order chi connectivity index (χ0) is 35.1. The van der Waals surface area contributed by atoms with Gasteiger partial charge in [0, 0.05) is 51.8 Å². The van der Waals surface area contributed by atoms with E-state index in [1.54, 1.807) is 5.32 Å². The predicted molar refractivity (Wildman–Crippen MR) is 169 cm³/mol. The smallest absolute Gasteiger partial charge is 0.425 e. The molecule has 0 bridgehead atoms. The van der Waals surface area contributed by atoms with Gasteiger partial charge >= 0.3 is 26.3 Å². The number of carbonyl (C=O) groups excluding carboxylic acids is 2. The molecule has 13 nitrogen and oxygen atoms in total. The number of ether oxygens (including phenoxy) is 1. The summed E-state index contributed by atoms with van der Waals surface area (Å²) in [5.74, 6) is -2.45. The first-order valence-corrected chi connectivity index (χ1v) is 16.3. The van der Waals surface area contributed by atoms with Gasteiger partial charge in [0.05, 0.1) is 17.8 Å². The quantitative estimate of drug-likeness (QED) is 0.0691. The lowest BCUT2D eigenvalue weighted by atomic mass is 10.2. The second kappa shape index (κ2) is 18.9. The molecule has 0 aliphatic carbocycles. The molecule has 1 aromatic rings. The van der Waals surface area contributed by atoms with Gasteiger partial charge < -0.3 is 24.4 Å². The maximum atomic E-state index is 12.8. The van der Waals surface area contributed by atoms with E-state index >= 15 is 0 Å². The minimum Gasteiger partial charge on any atom is -0.425 e. The van der Waals surface area contributed by atoms with Crippen LogP contribution in [-0.4, -0.2) is 82.5 Å². The number of nitrogens with one attached hydrogen (secondary N) is 3. The molecule has 2 unspecified atom stereocenters. The van der Waals surface area contributed by atoms with Crippen LogP contribution in [0.1, 0.15) is 86.8 Å². The van der Waals surface area contributed by atoms with Crippen LogP contribution in [0, 0.1) is 0 Å². The van der Waals surface area contributed by atoms with E-state index in [-0.39, 0.29) is 37.5 Å². The number of carbonyl (C=O) groups is 2. The van der Waals surface area contributed by atoms with Gasteiger partial charge in [0.25, 0.3) is 5.56 Å². The van der Waals surface area contributed by atoms with Crippen molar-refractivity contribution < 1.29 is 37.9 Å². The Morgan fingerprint density at radius 2 is 1.85 bits per heavy atom. The Hall–Kier alpha value is -3.07. The number of amides is 2. The van der Waals surface area contributed by atoms with E-state index in [9.17, 15) is 32.3 Å². The van der Waals surface area contributed by atoms with Gasteiger partial charge in [-0.3, -0.25) is 28.9 Å². The van der Waals surface area contributed by atoms with Crippen LogP contribution in [0.2, 0.25) is 0 Å². The number of unbranched alkanes of at least 4 members (excludes halogenated alkanes) is 3. The molecule has 1 fully saturated rings. The van der Waals surface area contributed by atoms with Crippen molar-refractivity contribution in [2.45, 2.75) is 110 Å². The standard InChI is InChI=1S/C29H46F3N6O7P/c1-7-33-18-43-46(38(19(2)3)20(4)5)45-23-16-25(44-21(23)6)37-17-22(26(40)36-28(37)42)12-13-24(39)34-14-10-8-9-11-15-35-27(41)29(30,31)32/h12-13,17-21,23,25H,7-11,14-16H2,1-6H3,(H,34,39)(H,35,41)(H,36,40,42)/b13-12+,33-18?/t21-,23?,25-,46?/m1/s1/i6D. The Labute approximate surface area is 269 Å². The maximum Gasteiger partial charge on any atom is 0.471 e. The van der Waals surface area contributed by atoms with E-state index in [2.05, 4.69) is 20.0 Å². The number of hydrogen-bond acceptors (Lipinski definition) is 9. The number of aliphatic imine (C=N–C) groups is 1. The highest BCUT2D eigenvalue weighted by atomic mass is 31.2. The largest absolute Gasteiger partial charge is 0.471 e. The number of halogens is 3. The van der Waals surface area contributed by atoms with Crippen LogP contribution in [0.15, 0.2) is 26.9 Å². The average Bonchev–Trinajstić information content (AvgIpc) is 3.39. The Kier molecular flexibility index (Phi) is 15.4. The van der Waals surface area contributed by atoms with Crippen molar-refractivity contribution in [2.75, 3.05) is 19.6 Å². The molecule has 1 saturated heterocycles. The van der Waals surface area contributed by atoms with Crippen LogP contribution >= 0.6 is 8.53 Å². The minimum absolute atomic E-state index is 0.0307. The highest BCUT2D eigenvalue weighted by Gasteiger charge is 2.40. The number of hydrogen-bond donors (Lipinski definition) is 3. The second-order valence-corrected chi connectivity index (χ2v) is 12.4. The van der Waals surface area contributed by atoms with Crippen molar-refractivity contribution in [3.8, 4) is 0 Å².